The van der Waals surface area contributed by atoms with Gasteiger partial charge in [0.05, 0.1) is 57.2 Å². The van der Waals surface area contributed by atoms with Crippen LogP contribution in [0.1, 0.15) is 51.2 Å². The summed E-state index contributed by atoms with van der Waals surface area (Å²) in [6, 6.07) is 28.1. The van der Waals surface area contributed by atoms with Crippen LogP contribution in [0.15, 0.2) is 105 Å². The molecule has 0 saturated heterocycles. The number of aliphatic imine (C=N–C) groups is 1. The molecular weight excluding hydrogens is 774 g/mol. The lowest BCUT2D eigenvalue weighted by Crippen LogP contribution is -2.29. The van der Waals surface area contributed by atoms with Gasteiger partial charge >= 0.3 is 0 Å². The largest absolute Gasteiger partial charge is 0.456 e. The van der Waals surface area contributed by atoms with Crippen LogP contribution in [0.2, 0.25) is 5.02 Å². The Bertz CT molecular complexity index is 2690. The van der Waals surface area contributed by atoms with Crippen molar-refractivity contribution in [1.82, 2.24) is 20.1 Å². The predicted octanol–water partition coefficient (Wildman–Crippen LogP) is 8.48. The molecule has 1 N–H and O–H groups in total. The molecule has 11 nitrogen and oxygen atoms in total. The lowest BCUT2D eigenvalue weighted by molar-refractivity contribution is -0.121. The van der Waals surface area contributed by atoms with Gasteiger partial charge in [-0.25, -0.2) is 0 Å². The molecular formula is C45H42ClN5O6S. The van der Waals surface area contributed by atoms with E-state index in [1.54, 1.807) is 17.4 Å². The van der Waals surface area contributed by atoms with Crippen LogP contribution in [0.5, 0.6) is 0 Å². The van der Waals surface area contributed by atoms with E-state index in [1.165, 1.54) is 4.88 Å². The zero-order chi connectivity index (χ0) is 40.2. The number of halogens is 1. The summed E-state index contributed by atoms with van der Waals surface area (Å²) in [6.45, 7) is 8.87. The Labute approximate surface area is 344 Å². The number of aryl methyl sites for hydroxylation is 2. The molecule has 1 amide bonds. The number of amides is 1. The molecule has 0 radical (unpaired) electrons. The second kappa shape index (κ2) is 17.6. The van der Waals surface area contributed by atoms with Gasteiger partial charge in [0.2, 0.25) is 5.91 Å². The third-order valence-corrected chi connectivity index (χ3v) is 11.6. The fraction of sp³-hybridized carbons (Fsp3) is 0.267. The first-order valence-electron chi connectivity index (χ1n) is 19.2. The third kappa shape index (κ3) is 8.38. The first-order chi connectivity index (χ1) is 28.2. The van der Waals surface area contributed by atoms with E-state index in [4.69, 9.17) is 35.2 Å². The molecule has 0 aliphatic carbocycles. The van der Waals surface area contributed by atoms with Crippen LogP contribution >= 0.6 is 22.9 Å². The highest BCUT2D eigenvalue weighted by molar-refractivity contribution is 7.15. The number of rotatable bonds is 15. The van der Waals surface area contributed by atoms with E-state index in [9.17, 15) is 9.59 Å². The average molecular weight is 816 g/mol. The normalized spacial score (nSPS) is 13.7. The molecule has 296 valence electrons. The van der Waals surface area contributed by atoms with Crippen LogP contribution in [0.3, 0.4) is 0 Å². The second-order valence-corrected chi connectivity index (χ2v) is 15.7. The molecule has 0 bridgehead atoms. The lowest BCUT2D eigenvalue weighted by atomic mass is 9.99. The van der Waals surface area contributed by atoms with Crippen molar-refractivity contribution in [3.63, 3.8) is 0 Å². The van der Waals surface area contributed by atoms with Crippen molar-refractivity contribution in [1.29, 1.82) is 0 Å². The molecule has 58 heavy (non-hydrogen) atoms. The smallest absolute Gasteiger partial charge is 0.222 e. The highest BCUT2D eigenvalue weighted by atomic mass is 35.5. The number of aromatic nitrogens is 3. The van der Waals surface area contributed by atoms with E-state index in [2.05, 4.69) is 29.4 Å². The van der Waals surface area contributed by atoms with Gasteiger partial charge in [0, 0.05) is 39.2 Å². The molecule has 1 aliphatic rings. The number of carbonyl (C=O) groups is 1. The molecule has 8 rings (SSSR count). The maximum absolute atomic E-state index is 13.2. The van der Waals surface area contributed by atoms with Crippen LogP contribution in [0.4, 0.5) is 0 Å². The fourth-order valence-electron chi connectivity index (χ4n) is 7.11. The molecule has 1 unspecified atom stereocenters. The van der Waals surface area contributed by atoms with Crippen LogP contribution in [-0.4, -0.2) is 66.0 Å². The van der Waals surface area contributed by atoms with Crippen molar-refractivity contribution in [2.75, 3.05) is 39.6 Å². The number of benzene rings is 4. The number of nitrogens with zero attached hydrogens (tertiary/aromatic N) is 4. The number of fused-ring (bicyclic) bond motifs is 6. The van der Waals surface area contributed by atoms with Crippen LogP contribution in [0, 0.1) is 20.8 Å². The Hall–Kier alpha value is -5.50. The summed E-state index contributed by atoms with van der Waals surface area (Å²) >= 11 is 7.90. The average Bonchev–Trinajstić information content (AvgIpc) is 3.71. The third-order valence-electron chi connectivity index (χ3n) is 10.2. The van der Waals surface area contributed by atoms with Crippen LogP contribution < -0.4 is 10.7 Å². The molecule has 4 aromatic carbocycles. The molecule has 1 atom stereocenters. The Balaban J connectivity index is 0.754. The molecule has 0 fully saturated rings. The lowest BCUT2D eigenvalue weighted by Gasteiger charge is -2.13. The first-order valence-corrected chi connectivity index (χ1v) is 20.4. The summed E-state index contributed by atoms with van der Waals surface area (Å²) in [4.78, 5) is 32.6. The predicted molar refractivity (Wildman–Crippen MR) is 228 cm³/mol. The first kappa shape index (κ1) is 39.3. The minimum absolute atomic E-state index is 0.0654. The molecule has 0 saturated carbocycles. The van der Waals surface area contributed by atoms with Gasteiger partial charge in [0.25, 0.3) is 0 Å². The van der Waals surface area contributed by atoms with Gasteiger partial charge in [-0.15, -0.1) is 21.5 Å². The van der Waals surface area contributed by atoms with Crippen molar-refractivity contribution in [3.8, 4) is 16.3 Å². The number of hydrogen-bond acceptors (Lipinski definition) is 10. The SMILES string of the molecule is Cc1sc2c(c1C)C(c1ccc(Cl)cc1)=NC(CC(=O)NCCOCCOCCOCc1ccc(-c3cc(=O)c4c(ccc5ccccc54)o3)cc1)c1nnc(C)n1-2. The molecule has 1 aliphatic heterocycles. The van der Waals surface area contributed by atoms with Crippen molar-refractivity contribution >= 4 is 56.3 Å². The van der Waals surface area contributed by atoms with E-state index < -0.39 is 6.04 Å². The number of thiophene rings is 1. The van der Waals surface area contributed by atoms with Gasteiger partial charge in [-0.05, 0) is 60.9 Å². The standard InChI is InChI=1S/C45H42ClN5O6S/c1-27-28(2)58-45-41(27)43(33-12-15-34(46)16-13-33)48-36(44-50-49-29(3)51(44)45)24-40(53)47-18-19-54-20-21-55-22-23-56-26-30-8-10-32(11-9-30)39-25-37(52)42-35-7-5-4-6-31(35)14-17-38(42)57-39/h4-17,25,36H,18-24,26H2,1-3H3,(H,47,53). The quantitative estimate of drug-likeness (QED) is 0.0806. The zero-order valence-corrected chi connectivity index (χ0v) is 34.0. The van der Waals surface area contributed by atoms with Gasteiger partial charge < -0.3 is 23.9 Å². The van der Waals surface area contributed by atoms with Crippen LogP contribution in [-0.2, 0) is 25.6 Å². The molecule has 4 heterocycles. The van der Waals surface area contributed by atoms with Crippen LogP contribution in [0.25, 0.3) is 38.1 Å². The van der Waals surface area contributed by atoms with E-state index in [0.29, 0.717) is 73.8 Å². The van der Waals surface area contributed by atoms with Crippen molar-refractivity contribution in [2.45, 2.75) is 39.8 Å². The summed E-state index contributed by atoms with van der Waals surface area (Å²) in [7, 11) is 0. The Morgan fingerprint density at radius 2 is 1.59 bits per heavy atom. The van der Waals surface area contributed by atoms with Crippen molar-refractivity contribution in [3.05, 3.63) is 145 Å². The van der Waals surface area contributed by atoms with Gasteiger partial charge in [0.1, 0.15) is 28.2 Å². The Morgan fingerprint density at radius 1 is 0.862 bits per heavy atom. The van der Waals surface area contributed by atoms with Crippen molar-refractivity contribution < 1.29 is 23.4 Å². The maximum atomic E-state index is 13.2. The summed E-state index contributed by atoms with van der Waals surface area (Å²) in [5.41, 5.74) is 6.21. The highest BCUT2D eigenvalue weighted by Gasteiger charge is 2.32. The maximum Gasteiger partial charge on any atom is 0.222 e. The summed E-state index contributed by atoms with van der Waals surface area (Å²) < 4.78 is 25.3. The fourth-order valence-corrected chi connectivity index (χ4v) is 8.45. The topological polar surface area (TPSA) is 130 Å². The number of nitrogens with one attached hydrogen (secondary N) is 1. The Morgan fingerprint density at radius 3 is 2.38 bits per heavy atom. The Kier molecular flexibility index (Phi) is 11.9. The second-order valence-electron chi connectivity index (χ2n) is 14.1. The van der Waals surface area contributed by atoms with Gasteiger partial charge in [0.15, 0.2) is 11.3 Å². The summed E-state index contributed by atoms with van der Waals surface area (Å²) in [5, 5.41) is 15.9. The number of hydrogen-bond donors (Lipinski definition) is 1. The monoisotopic (exact) mass is 815 g/mol. The summed E-state index contributed by atoms with van der Waals surface area (Å²) in [6.07, 6.45) is 0.107. The van der Waals surface area contributed by atoms with E-state index in [1.807, 2.05) is 96.4 Å². The van der Waals surface area contributed by atoms with E-state index >= 15 is 0 Å². The van der Waals surface area contributed by atoms with E-state index in [-0.39, 0.29) is 17.8 Å². The van der Waals surface area contributed by atoms with Gasteiger partial charge in [-0.1, -0.05) is 78.3 Å². The molecule has 0 spiro atoms. The van der Waals surface area contributed by atoms with Crippen molar-refractivity contribution in [2.24, 2.45) is 4.99 Å². The van der Waals surface area contributed by atoms with Gasteiger partial charge in [-0.2, -0.15) is 0 Å². The van der Waals surface area contributed by atoms with E-state index in [0.717, 1.165) is 55.1 Å². The number of ether oxygens (including phenoxy) is 3. The molecule has 13 heteroatoms. The molecule has 7 aromatic rings. The minimum Gasteiger partial charge on any atom is -0.456 e. The minimum atomic E-state index is -0.539. The highest BCUT2D eigenvalue weighted by Crippen LogP contribution is 2.39. The molecule has 3 aromatic heterocycles. The van der Waals surface area contributed by atoms with Gasteiger partial charge in [-0.3, -0.25) is 19.1 Å². The summed E-state index contributed by atoms with van der Waals surface area (Å²) in [5.74, 6) is 1.75. The number of carbonyl (C=O) groups excluding carboxylic acids is 1. The zero-order valence-electron chi connectivity index (χ0n) is 32.4.